The summed E-state index contributed by atoms with van der Waals surface area (Å²) >= 11 is 7.29. The van der Waals surface area contributed by atoms with Crippen molar-refractivity contribution in [2.24, 2.45) is 11.8 Å². The lowest BCUT2D eigenvalue weighted by atomic mass is 9.77. The molecule has 2 bridgehead atoms. The summed E-state index contributed by atoms with van der Waals surface area (Å²) in [6, 6.07) is 2.97. The molecule has 2 fully saturated rings. The van der Waals surface area contributed by atoms with Gasteiger partial charge in [-0.05, 0) is 50.3 Å². The van der Waals surface area contributed by atoms with Crippen molar-refractivity contribution in [2.45, 2.75) is 45.4 Å². The molecule has 4 rings (SSSR count). The van der Waals surface area contributed by atoms with Crippen LogP contribution in [-0.4, -0.2) is 16.6 Å². The van der Waals surface area contributed by atoms with Crippen LogP contribution in [0.1, 0.15) is 48.2 Å². The number of ketones is 2. The van der Waals surface area contributed by atoms with Crippen LogP contribution in [0, 0.1) is 24.6 Å². The average molecular weight is 392 g/mol. The van der Waals surface area contributed by atoms with Crippen molar-refractivity contribution in [1.82, 2.24) is 4.98 Å². The fourth-order valence-electron chi connectivity index (χ4n) is 4.30. The van der Waals surface area contributed by atoms with E-state index in [1.807, 2.05) is 6.92 Å². The zero-order valence-electron chi connectivity index (χ0n) is 14.6. The van der Waals surface area contributed by atoms with E-state index in [2.05, 4.69) is 4.98 Å². The Morgan fingerprint density at radius 3 is 2.46 bits per heavy atom. The third-order valence-corrected chi connectivity index (χ3v) is 7.05. The summed E-state index contributed by atoms with van der Waals surface area (Å²) in [6.07, 6.45) is 2.95. The summed E-state index contributed by atoms with van der Waals surface area (Å²) in [7, 11) is 0. The molecule has 0 amide bonds. The number of aryl methyl sites for hydroxylation is 2. The highest BCUT2D eigenvalue weighted by atomic mass is 35.5. The van der Waals surface area contributed by atoms with Crippen LogP contribution in [0.3, 0.4) is 0 Å². The number of carbonyl (C=O) groups is 2. The Morgan fingerprint density at radius 2 is 1.88 bits per heavy atom. The number of hydrogen-bond donors (Lipinski definition) is 0. The number of thiazole rings is 1. The minimum Gasteiger partial charge on any atom is -0.298 e. The molecule has 0 aliphatic heterocycles. The molecular formula is C20H19ClFNO2S. The maximum absolute atomic E-state index is 14.5. The first-order valence-electron chi connectivity index (χ1n) is 8.93. The molecule has 2 aromatic rings. The molecule has 2 aliphatic rings. The third-order valence-electron chi connectivity index (χ3n) is 5.59. The number of rotatable bonds is 3. The Labute approximate surface area is 160 Å². The number of halogens is 2. The van der Waals surface area contributed by atoms with Gasteiger partial charge < -0.3 is 0 Å². The molecule has 2 aliphatic carbocycles. The fraction of sp³-hybridized carbons (Fsp3) is 0.450. The van der Waals surface area contributed by atoms with Crippen molar-refractivity contribution in [3.63, 3.8) is 0 Å². The van der Waals surface area contributed by atoms with Crippen LogP contribution in [0.15, 0.2) is 12.1 Å². The van der Waals surface area contributed by atoms with Gasteiger partial charge in [-0.1, -0.05) is 18.5 Å². The maximum atomic E-state index is 14.5. The molecular weight excluding hydrogens is 373 g/mol. The zero-order valence-corrected chi connectivity index (χ0v) is 16.2. The monoisotopic (exact) mass is 391 g/mol. The number of Topliss-reactive ketones (excluding diaryl/α,β-unsaturated/α-hetero) is 2. The van der Waals surface area contributed by atoms with E-state index in [1.54, 1.807) is 13.0 Å². The van der Waals surface area contributed by atoms with E-state index < -0.39 is 11.7 Å². The van der Waals surface area contributed by atoms with Crippen molar-refractivity contribution >= 4 is 34.5 Å². The number of aromatic nitrogens is 1. The quantitative estimate of drug-likeness (QED) is 0.682. The van der Waals surface area contributed by atoms with Crippen molar-refractivity contribution in [3.05, 3.63) is 39.1 Å². The first kappa shape index (κ1) is 17.8. The van der Waals surface area contributed by atoms with E-state index in [9.17, 15) is 14.0 Å². The van der Waals surface area contributed by atoms with Crippen molar-refractivity contribution in [2.75, 3.05) is 0 Å². The highest BCUT2D eigenvalue weighted by Crippen LogP contribution is 2.46. The lowest BCUT2D eigenvalue weighted by Gasteiger charge is -2.24. The van der Waals surface area contributed by atoms with Crippen LogP contribution >= 0.6 is 22.9 Å². The van der Waals surface area contributed by atoms with E-state index in [0.717, 1.165) is 17.7 Å². The third kappa shape index (κ3) is 2.72. The maximum Gasteiger partial charge on any atom is 0.152 e. The minimum absolute atomic E-state index is 0.00333. The van der Waals surface area contributed by atoms with Crippen LogP contribution in [0.2, 0.25) is 5.02 Å². The molecule has 6 heteroatoms. The zero-order chi connectivity index (χ0) is 18.6. The molecule has 3 nitrogen and oxygen atoms in total. The standard InChI is InChI=1S/C20H19ClFNO2S/c1-3-14-17(16-18(24)10-4-5-11(7-10)19(16)25)23-20(26-14)15-9(2)6-12(21)8-13(15)22/h6,8,10-11,16H,3-5,7H2,1-2H3/t10-,11-/m1/s1. The second-order valence-corrected chi connectivity index (χ2v) is 8.73. The van der Waals surface area contributed by atoms with Gasteiger partial charge in [-0.25, -0.2) is 9.37 Å². The van der Waals surface area contributed by atoms with Gasteiger partial charge in [-0.2, -0.15) is 0 Å². The van der Waals surface area contributed by atoms with Crippen LogP contribution in [-0.2, 0) is 16.0 Å². The molecule has 26 heavy (non-hydrogen) atoms. The molecule has 1 aromatic heterocycles. The predicted octanol–water partition coefficient (Wildman–Crippen LogP) is 5.13. The average Bonchev–Trinajstić information content (AvgIpc) is 3.18. The van der Waals surface area contributed by atoms with Gasteiger partial charge in [-0.15, -0.1) is 11.3 Å². The van der Waals surface area contributed by atoms with E-state index in [-0.39, 0.29) is 23.4 Å². The molecule has 1 aromatic carbocycles. The molecule has 0 unspecified atom stereocenters. The van der Waals surface area contributed by atoms with Crippen LogP contribution in [0.25, 0.3) is 10.6 Å². The van der Waals surface area contributed by atoms with E-state index in [1.165, 1.54) is 17.4 Å². The molecule has 0 N–H and O–H groups in total. The minimum atomic E-state index is -0.767. The fourth-order valence-corrected chi connectivity index (χ4v) is 5.71. The van der Waals surface area contributed by atoms with Crippen LogP contribution < -0.4 is 0 Å². The van der Waals surface area contributed by atoms with Gasteiger partial charge in [0, 0.05) is 27.3 Å². The summed E-state index contributed by atoms with van der Waals surface area (Å²) in [5, 5.41) is 0.854. The van der Waals surface area contributed by atoms with Crippen molar-refractivity contribution < 1.29 is 14.0 Å². The first-order valence-corrected chi connectivity index (χ1v) is 10.1. The van der Waals surface area contributed by atoms with Crippen LogP contribution in [0.5, 0.6) is 0 Å². The molecule has 0 spiro atoms. The highest BCUT2D eigenvalue weighted by molar-refractivity contribution is 7.15. The number of benzene rings is 1. The number of hydrogen-bond acceptors (Lipinski definition) is 4. The summed E-state index contributed by atoms with van der Waals surface area (Å²) in [5.41, 5.74) is 1.64. The largest absolute Gasteiger partial charge is 0.298 e. The lowest BCUT2D eigenvalue weighted by Crippen LogP contribution is -2.35. The SMILES string of the molecule is CCc1sc(-c2c(C)cc(Cl)cc2F)nc1C1C(=O)[C@@H]2CC[C@H](C2)C1=O. The lowest BCUT2D eigenvalue weighted by molar-refractivity contribution is -0.136. The summed E-state index contributed by atoms with van der Waals surface area (Å²) in [6.45, 7) is 3.76. The van der Waals surface area contributed by atoms with Gasteiger partial charge in [-0.3, -0.25) is 9.59 Å². The Hall–Kier alpha value is -1.59. The molecule has 2 atom stereocenters. The van der Waals surface area contributed by atoms with Gasteiger partial charge in [0.2, 0.25) is 0 Å². The van der Waals surface area contributed by atoms with Crippen LogP contribution in [0.4, 0.5) is 4.39 Å². The molecule has 136 valence electrons. The highest BCUT2D eigenvalue weighted by Gasteiger charge is 2.49. The molecule has 2 saturated carbocycles. The van der Waals surface area contributed by atoms with E-state index in [4.69, 9.17) is 11.6 Å². The number of fused-ring (bicyclic) bond motifs is 2. The topological polar surface area (TPSA) is 47.0 Å². The summed E-state index contributed by atoms with van der Waals surface area (Å²) < 4.78 is 14.5. The van der Waals surface area contributed by atoms with Crippen molar-refractivity contribution in [1.29, 1.82) is 0 Å². The number of carbonyl (C=O) groups excluding carboxylic acids is 2. The normalized spacial score (nSPS) is 25.2. The Morgan fingerprint density at radius 1 is 1.23 bits per heavy atom. The van der Waals surface area contributed by atoms with Crippen molar-refractivity contribution in [3.8, 4) is 10.6 Å². The molecule has 0 saturated heterocycles. The summed E-state index contributed by atoms with van der Waals surface area (Å²) in [5.74, 6) is -1.23. The Balaban J connectivity index is 1.82. The Bertz CT molecular complexity index is 878. The van der Waals surface area contributed by atoms with Gasteiger partial charge in [0.15, 0.2) is 11.6 Å². The second kappa shape index (κ2) is 6.54. The second-order valence-electron chi connectivity index (χ2n) is 7.21. The smallest absolute Gasteiger partial charge is 0.152 e. The predicted molar refractivity (Wildman–Crippen MR) is 100 cm³/mol. The van der Waals surface area contributed by atoms with Gasteiger partial charge >= 0.3 is 0 Å². The van der Waals surface area contributed by atoms with Gasteiger partial charge in [0.1, 0.15) is 16.7 Å². The Kier molecular flexibility index (Phi) is 4.48. The van der Waals surface area contributed by atoms with Gasteiger partial charge in [0.05, 0.1) is 5.69 Å². The van der Waals surface area contributed by atoms with Gasteiger partial charge in [0.25, 0.3) is 0 Å². The molecule has 0 radical (unpaired) electrons. The first-order chi connectivity index (χ1) is 12.4. The van der Waals surface area contributed by atoms with E-state index >= 15 is 0 Å². The summed E-state index contributed by atoms with van der Waals surface area (Å²) in [4.78, 5) is 31.2. The number of nitrogens with zero attached hydrogens (tertiary/aromatic N) is 1. The van der Waals surface area contributed by atoms with E-state index in [0.29, 0.717) is 39.7 Å². The molecule has 1 heterocycles.